The number of nitrogens with one attached hydrogen (secondary N) is 2. The van der Waals surface area contributed by atoms with E-state index in [0.29, 0.717) is 13.0 Å². The summed E-state index contributed by atoms with van der Waals surface area (Å²) in [6.07, 6.45) is 0.503. The summed E-state index contributed by atoms with van der Waals surface area (Å²) in [6.45, 7) is 6.81. The maximum Gasteiger partial charge on any atom is 0.225 e. The summed E-state index contributed by atoms with van der Waals surface area (Å²) >= 11 is 0. The fourth-order valence-electron chi connectivity index (χ4n) is 1.82. The van der Waals surface area contributed by atoms with E-state index in [-0.39, 0.29) is 18.3 Å². The van der Waals surface area contributed by atoms with Gasteiger partial charge < -0.3 is 10.6 Å². The van der Waals surface area contributed by atoms with Gasteiger partial charge in [-0.1, -0.05) is 17.7 Å². The van der Waals surface area contributed by atoms with E-state index in [9.17, 15) is 4.79 Å². The van der Waals surface area contributed by atoms with Gasteiger partial charge in [-0.3, -0.25) is 4.79 Å². The highest BCUT2D eigenvalue weighted by Crippen LogP contribution is 2.21. The van der Waals surface area contributed by atoms with Crippen molar-refractivity contribution >= 4 is 24.0 Å². The molecule has 1 aromatic carbocycles. The van der Waals surface area contributed by atoms with Crippen LogP contribution in [0.15, 0.2) is 12.1 Å². The molecule has 1 rings (SSSR count). The Bertz CT molecular complexity index is 368. The smallest absolute Gasteiger partial charge is 0.225 e. The molecule has 0 fully saturated rings. The number of amides is 1. The second-order valence-electron chi connectivity index (χ2n) is 4.18. The molecular weight excluding hydrogens is 236 g/mol. The van der Waals surface area contributed by atoms with Gasteiger partial charge in [0.25, 0.3) is 0 Å². The summed E-state index contributed by atoms with van der Waals surface area (Å²) in [7, 11) is 1.84. The van der Waals surface area contributed by atoms with Crippen molar-refractivity contribution in [3.63, 3.8) is 0 Å². The number of rotatable bonds is 4. The zero-order valence-electron chi connectivity index (χ0n) is 10.9. The molecule has 0 heterocycles. The first-order chi connectivity index (χ1) is 7.54. The molecule has 3 nitrogen and oxygen atoms in total. The van der Waals surface area contributed by atoms with Crippen molar-refractivity contribution in [2.24, 2.45) is 0 Å². The zero-order valence-corrected chi connectivity index (χ0v) is 11.7. The number of anilines is 1. The van der Waals surface area contributed by atoms with Crippen molar-refractivity contribution in [2.45, 2.75) is 27.2 Å². The van der Waals surface area contributed by atoms with Crippen LogP contribution in [0.5, 0.6) is 0 Å². The fourth-order valence-corrected chi connectivity index (χ4v) is 1.82. The van der Waals surface area contributed by atoms with Crippen LogP contribution in [0.1, 0.15) is 23.1 Å². The lowest BCUT2D eigenvalue weighted by atomic mass is 10.1. The maximum absolute atomic E-state index is 11.6. The quantitative estimate of drug-likeness (QED) is 0.870. The van der Waals surface area contributed by atoms with Crippen LogP contribution in [0.25, 0.3) is 0 Å². The largest absolute Gasteiger partial charge is 0.326 e. The number of carbonyl (C=O) groups excluding carboxylic acids is 1. The van der Waals surface area contributed by atoms with Crippen molar-refractivity contribution < 1.29 is 4.79 Å². The van der Waals surface area contributed by atoms with E-state index in [1.54, 1.807) is 0 Å². The molecule has 0 aliphatic rings. The van der Waals surface area contributed by atoms with Crippen LogP contribution in [0, 0.1) is 20.8 Å². The Morgan fingerprint density at radius 3 is 2.18 bits per heavy atom. The minimum atomic E-state index is 0. The van der Waals surface area contributed by atoms with E-state index >= 15 is 0 Å². The van der Waals surface area contributed by atoms with Crippen LogP contribution in [-0.4, -0.2) is 19.5 Å². The van der Waals surface area contributed by atoms with Crippen molar-refractivity contribution in [1.82, 2.24) is 5.32 Å². The first-order valence-corrected chi connectivity index (χ1v) is 5.57. The highest BCUT2D eigenvalue weighted by atomic mass is 35.5. The lowest BCUT2D eigenvalue weighted by molar-refractivity contribution is -0.116. The van der Waals surface area contributed by atoms with Gasteiger partial charge in [0.15, 0.2) is 0 Å². The predicted octanol–water partition coefficient (Wildman–Crippen LogP) is 2.58. The minimum absolute atomic E-state index is 0. The van der Waals surface area contributed by atoms with Crippen LogP contribution < -0.4 is 10.6 Å². The molecule has 0 radical (unpaired) electrons. The molecule has 0 bridgehead atoms. The van der Waals surface area contributed by atoms with Crippen LogP contribution in [0.4, 0.5) is 5.69 Å². The Balaban J connectivity index is 0.00000256. The van der Waals surface area contributed by atoms with Crippen LogP contribution in [0.2, 0.25) is 0 Å². The van der Waals surface area contributed by atoms with Crippen LogP contribution in [-0.2, 0) is 4.79 Å². The topological polar surface area (TPSA) is 41.1 Å². The second-order valence-corrected chi connectivity index (χ2v) is 4.18. The molecule has 0 spiro atoms. The standard InChI is InChI=1S/C13H20N2O.ClH/c1-9-7-10(2)13(11(3)8-9)15-12(16)5-6-14-4;/h7-8,14H,5-6H2,1-4H3,(H,15,16);1H. The fraction of sp³-hybridized carbons (Fsp3) is 0.462. The van der Waals surface area contributed by atoms with Gasteiger partial charge in [-0.2, -0.15) is 0 Å². The predicted molar refractivity (Wildman–Crippen MR) is 75.1 cm³/mol. The number of hydrogen-bond acceptors (Lipinski definition) is 2. The van der Waals surface area contributed by atoms with E-state index in [1.807, 2.05) is 20.9 Å². The normalized spacial score (nSPS) is 9.65. The number of halogens is 1. The Kier molecular flexibility index (Phi) is 6.85. The first-order valence-electron chi connectivity index (χ1n) is 5.57. The van der Waals surface area contributed by atoms with E-state index in [0.717, 1.165) is 16.8 Å². The Hall–Kier alpha value is -1.06. The molecule has 1 amide bonds. The third-order valence-corrected chi connectivity index (χ3v) is 2.54. The van der Waals surface area contributed by atoms with E-state index in [4.69, 9.17) is 0 Å². The van der Waals surface area contributed by atoms with Crippen LogP contribution >= 0.6 is 12.4 Å². The number of carbonyl (C=O) groups is 1. The molecule has 0 unspecified atom stereocenters. The summed E-state index contributed by atoms with van der Waals surface area (Å²) in [4.78, 5) is 11.6. The minimum Gasteiger partial charge on any atom is -0.326 e. The molecule has 1 aromatic rings. The summed E-state index contributed by atoms with van der Waals surface area (Å²) in [5, 5.41) is 5.92. The van der Waals surface area contributed by atoms with E-state index < -0.39 is 0 Å². The van der Waals surface area contributed by atoms with Gasteiger partial charge in [-0.25, -0.2) is 0 Å². The molecule has 4 heteroatoms. The maximum atomic E-state index is 11.6. The zero-order chi connectivity index (χ0) is 12.1. The molecule has 0 saturated heterocycles. The Labute approximate surface area is 109 Å². The van der Waals surface area contributed by atoms with E-state index in [1.165, 1.54) is 5.56 Å². The summed E-state index contributed by atoms with van der Waals surface area (Å²) < 4.78 is 0. The van der Waals surface area contributed by atoms with E-state index in [2.05, 4.69) is 29.7 Å². The van der Waals surface area contributed by atoms with Gasteiger partial charge >= 0.3 is 0 Å². The molecule has 2 N–H and O–H groups in total. The molecule has 0 aromatic heterocycles. The SMILES string of the molecule is CNCCC(=O)Nc1c(C)cc(C)cc1C.Cl. The molecule has 96 valence electrons. The average Bonchev–Trinajstić information content (AvgIpc) is 2.20. The highest BCUT2D eigenvalue weighted by Gasteiger charge is 2.07. The third kappa shape index (κ3) is 4.75. The second kappa shape index (κ2) is 7.30. The van der Waals surface area contributed by atoms with Crippen molar-refractivity contribution in [1.29, 1.82) is 0 Å². The van der Waals surface area contributed by atoms with Gasteiger partial charge in [0.05, 0.1) is 0 Å². The lowest BCUT2D eigenvalue weighted by Crippen LogP contribution is -2.19. The van der Waals surface area contributed by atoms with Gasteiger partial charge in [0, 0.05) is 18.7 Å². The molecular formula is C13H21ClN2O. The van der Waals surface area contributed by atoms with Gasteiger partial charge in [0.2, 0.25) is 5.91 Å². The number of aryl methyl sites for hydroxylation is 3. The van der Waals surface area contributed by atoms with Gasteiger partial charge in [0.1, 0.15) is 0 Å². The Morgan fingerprint density at radius 2 is 1.71 bits per heavy atom. The molecule has 0 aliphatic heterocycles. The first kappa shape index (κ1) is 15.9. The summed E-state index contributed by atoms with van der Waals surface area (Å²) in [5.41, 5.74) is 4.42. The molecule has 17 heavy (non-hydrogen) atoms. The van der Waals surface area contributed by atoms with Gasteiger partial charge in [-0.15, -0.1) is 12.4 Å². The van der Waals surface area contributed by atoms with Crippen molar-refractivity contribution in [2.75, 3.05) is 18.9 Å². The summed E-state index contributed by atoms with van der Waals surface area (Å²) in [6, 6.07) is 4.17. The lowest BCUT2D eigenvalue weighted by Gasteiger charge is -2.12. The molecule has 0 atom stereocenters. The van der Waals surface area contributed by atoms with Crippen LogP contribution in [0.3, 0.4) is 0 Å². The number of hydrogen-bond donors (Lipinski definition) is 2. The summed E-state index contributed by atoms with van der Waals surface area (Å²) in [5.74, 6) is 0.0596. The highest BCUT2D eigenvalue weighted by molar-refractivity contribution is 5.92. The van der Waals surface area contributed by atoms with Crippen molar-refractivity contribution in [3.8, 4) is 0 Å². The molecule has 0 saturated carbocycles. The van der Waals surface area contributed by atoms with Crippen molar-refractivity contribution in [3.05, 3.63) is 28.8 Å². The monoisotopic (exact) mass is 256 g/mol. The third-order valence-electron chi connectivity index (χ3n) is 2.54. The molecule has 0 aliphatic carbocycles. The Morgan fingerprint density at radius 1 is 1.18 bits per heavy atom. The number of benzene rings is 1. The average molecular weight is 257 g/mol. The van der Waals surface area contributed by atoms with Gasteiger partial charge in [-0.05, 0) is 38.9 Å².